The van der Waals surface area contributed by atoms with Gasteiger partial charge in [0, 0.05) is 13.0 Å². The number of likely N-dealkylation sites (tertiary alicyclic amines) is 1. The van der Waals surface area contributed by atoms with E-state index in [-0.39, 0.29) is 11.9 Å². The average Bonchev–Trinajstić information content (AvgIpc) is 3.27. The standard InChI is InChI=1S/C21H22N2OS/c1-15-8-10-16(11-9-15)12-13-20(24)23-14-4-6-18(23)21-22-17-5-2-3-7-19(17)25-21/h2-3,5,7-11,18H,4,6,12-14H2,1H3. The lowest BCUT2D eigenvalue weighted by molar-refractivity contribution is -0.132. The summed E-state index contributed by atoms with van der Waals surface area (Å²) in [6.07, 6.45) is 3.47. The average molecular weight is 350 g/mol. The SMILES string of the molecule is Cc1ccc(CCC(=O)N2CCCC2c2nc3ccccc3s2)cc1. The van der Waals surface area contributed by atoms with E-state index in [1.54, 1.807) is 11.3 Å². The molecule has 0 saturated carbocycles. The fraction of sp³-hybridized carbons (Fsp3) is 0.333. The summed E-state index contributed by atoms with van der Waals surface area (Å²) in [5.74, 6) is 0.252. The van der Waals surface area contributed by atoms with Gasteiger partial charge < -0.3 is 4.90 Å². The minimum atomic E-state index is 0.155. The summed E-state index contributed by atoms with van der Waals surface area (Å²) in [5, 5.41) is 1.09. The second-order valence-electron chi connectivity index (χ2n) is 6.75. The lowest BCUT2D eigenvalue weighted by atomic mass is 10.1. The highest BCUT2D eigenvalue weighted by Gasteiger charge is 2.31. The van der Waals surface area contributed by atoms with Gasteiger partial charge in [0.05, 0.1) is 16.3 Å². The molecule has 1 saturated heterocycles. The molecule has 128 valence electrons. The number of benzene rings is 2. The molecule has 1 aliphatic heterocycles. The van der Waals surface area contributed by atoms with Crippen molar-refractivity contribution >= 4 is 27.5 Å². The molecule has 4 heteroatoms. The number of carbonyl (C=O) groups excluding carboxylic acids is 1. The third kappa shape index (κ3) is 3.45. The molecule has 0 bridgehead atoms. The van der Waals surface area contributed by atoms with Crippen molar-refractivity contribution in [1.29, 1.82) is 0 Å². The van der Waals surface area contributed by atoms with Crippen LogP contribution >= 0.6 is 11.3 Å². The molecule has 1 atom stereocenters. The van der Waals surface area contributed by atoms with Gasteiger partial charge in [-0.25, -0.2) is 4.98 Å². The molecular weight excluding hydrogens is 328 g/mol. The molecule has 0 N–H and O–H groups in total. The summed E-state index contributed by atoms with van der Waals surface area (Å²) < 4.78 is 1.21. The molecule has 0 aliphatic carbocycles. The zero-order valence-corrected chi connectivity index (χ0v) is 15.3. The van der Waals surface area contributed by atoms with Crippen LogP contribution in [-0.2, 0) is 11.2 Å². The van der Waals surface area contributed by atoms with E-state index in [0.717, 1.165) is 36.3 Å². The number of aryl methyl sites for hydroxylation is 2. The Morgan fingerprint density at radius 2 is 2.00 bits per heavy atom. The van der Waals surface area contributed by atoms with Gasteiger partial charge in [0.2, 0.25) is 5.91 Å². The fourth-order valence-electron chi connectivity index (χ4n) is 3.50. The molecule has 2 aromatic carbocycles. The number of aromatic nitrogens is 1. The second kappa shape index (κ2) is 6.96. The van der Waals surface area contributed by atoms with Gasteiger partial charge in [-0.1, -0.05) is 42.0 Å². The lowest BCUT2D eigenvalue weighted by Gasteiger charge is -2.23. The molecule has 1 unspecified atom stereocenters. The Morgan fingerprint density at radius 1 is 1.20 bits per heavy atom. The summed E-state index contributed by atoms with van der Waals surface area (Å²) in [7, 11) is 0. The second-order valence-corrected chi connectivity index (χ2v) is 7.81. The molecule has 1 fully saturated rings. The van der Waals surface area contributed by atoms with E-state index in [9.17, 15) is 4.79 Å². The first kappa shape index (κ1) is 16.3. The summed E-state index contributed by atoms with van der Waals surface area (Å²) in [4.78, 5) is 19.6. The predicted octanol–water partition coefficient (Wildman–Crippen LogP) is 4.90. The number of hydrogen-bond acceptors (Lipinski definition) is 3. The first-order valence-electron chi connectivity index (χ1n) is 8.91. The quantitative estimate of drug-likeness (QED) is 0.670. The Morgan fingerprint density at radius 3 is 2.80 bits per heavy atom. The Labute approximate surface area is 152 Å². The highest BCUT2D eigenvalue weighted by molar-refractivity contribution is 7.18. The van der Waals surface area contributed by atoms with Crippen LogP contribution in [0.15, 0.2) is 48.5 Å². The number of para-hydroxylation sites is 1. The van der Waals surface area contributed by atoms with Gasteiger partial charge in [0.1, 0.15) is 5.01 Å². The number of carbonyl (C=O) groups is 1. The summed E-state index contributed by atoms with van der Waals surface area (Å²) in [5.41, 5.74) is 3.53. The summed E-state index contributed by atoms with van der Waals surface area (Å²) in [6, 6.07) is 16.8. The molecule has 3 nitrogen and oxygen atoms in total. The molecule has 1 aromatic heterocycles. The van der Waals surface area contributed by atoms with Crippen LogP contribution in [-0.4, -0.2) is 22.3 Å². The van der Waals surface area contributed by atoms with E-state index in [1.165, 1.54) is 15.8 Å². The predicted molar refractivity (Wildman–Crippen MR) is 103 cm³/mol. The minimum absolute atomic E-state index is 0.155. The Hall–Kier alpha value is -2.20. The Balaban J connectivity index is 1.46. The number of hydrogen-bond donors (Lipinski definition) is 0. The number of nitrogens with zero attached hydrogens (tertiary/aromatic N) is 2. The van der Waals surface area contributed by atoms with E-state index in [1.807, 2.05) is 23.1 Å². The molecule has 0 spiro atoms. The molecule has 1 amide bonds. The number of thiazole rings is 1. The Kier molecular flexibility index (Phi) is 4.53. The van der Waals surface area contributed by atoms with E-state index in [4.69, 9.17) is 4.98 Å². The zero-order chi connectivity index (χ0) is 17.2. The molecule has 3 aromatic rings. The van der Waals surface area contributed by atoms with Gasteiger partial charge in [0.15, 0.2) is 0 Å². The van der Waals surface area contributed by atoms with E-state index in [0.29, 0.717) is 6.42 Å². The van der Waals surface area contributed by atoms with E-state index in [2.05, 4.69) is 37.3 Å². The van der Waals surface area contributed by atoms with Crippen LogP contribution in [0, 0.1) is 6.92 Å². The molecule has 4 rings (SSSR count). The first-order valence-corrected chi connectivity index (χ1v) is 9.73. The van der Waals surface area contributed by atoms with Gasteiger partial charge >= 0.3 is 0 Å². The van der Waals surface area contributed by atoms with Crippen molar-refractivity contribution in [3.8, 4) is 0 Å². The van der Waals surface area contributed by atoms with Crippen molar-refractivity contribution < 1.29 is 4.79 Å². The highest BCUT2D eigenvalue weighted by Crippen LogP contribution is 2.36. The van der Waals surface area contributed by atoms with Crippen LogP contribution in [0.5, 0.6) is 0 Å². The largest absolute Gasteiger partial charge is 0.333 e. The van der Waals surface area contributed by atoms with Crippen LogP contribution < -0.4 is 0 Å². The molecule has 1 aliphatic rings. The molecule has 2 heterocycles. The molecular formula is C21H22N2OS. The van der Waals surface area contributed by atoms with Crippen LogP contribution in [0.4, 0.5) is 0 Å². The topological polar surface area (TPSA) is 33.2 Å². The summed E-state index contributed by atoms with van der Waals surface area (Å²) in [6.45, 7) is 2.94. The van der Waals surface area contributed by atoms with Crippen molar-refractivity contribution in [3.63, 3.8) is 0 Å². The van der Waals surface area contributed by atoms with Gasteiger partial charge in [-0.2, -0.15) is 0 Å². The monoisotopic (exact) mass is 350 g/mol. The van der Waals surface area contributed by atoms with Gasteiger partial charge in [-0.15, -0.1) is 11.3 Å². The normalized spacial score (nSPS) is 17.3. The zero-order valence-electron chi connectivity index (χ0n) is 14.4. The number of rotatable bonds is 4. The minimum Gasteiger partial charge on any atom is -0.333 e. The molecule has 25 heavy (non-hydrogen) atoms. The third-order valence-electron chi connectivity index (χ3n) is 4.92. The maximum absolute atomic E-state index is 12.8. The molecule has 0 radical (unpaired) electrons. The first-order chi connectivity index (χ1) is 12.2. The van der Waals surface area contributed by atoms with E-state index >= 15 is 0 Å². The fourth-order valence-corrected chi connectivity index (χ4v) is 4.62. The highest BCUT2D eigenvalue weighted by atomic mass is 32.1. The summed E-state index contributed by atoms with van der Waals surface area (Å²) >= 11 is 1.73. The van der Waals surface area contributed by atoms with Crippen LogP contribution in [0.2, 0.25) is 0 Å². The number of fused-ring (bicyclic) bond motifs is 1. The third-order valence-corrected chi connectivity index (χ3v) is 6.05. The van der Waals surface area contributed by atoms with Gasteiger partial charge in [-0.05, 0) is 43.9 Å². The van der Waals surface area contributed by atoms with Crippen molar-refractivity contribution in [2.24, 2.45) is 0 Å². The van der Waals surface area contributed by atoms with Crippen LogP contribution in [0.3, 0.4) is 0 Å². The van der Waals surface area contributed by atoms with Crippen molar-refractivity contribution in [3.05, 3.63) is 64.7 Å². The van der Waals surface area contributed by atoms with Crippen molar-refractivity contribution in [2.75, 3.05) is 6.54 Å². The lowest BCUT2D eigenvalue weighted by Crippen LogP contribution is -2.30. The maximum Gasteiger partial charge on any atom is 0.223 e. The van der Waals surface area contributed by atoms with Crippen molar-refractivity contribution in [2.45, 2.75) is 38.6 Å². The van der Waals surface area contributed by atoms with Crippen LogP contribution in [0.1, 0.15) is 41.4 Å². The van der Waals surface area contributed by atoms with Gasteiger partial charge in [-0.3, -0.25) is 4.79 Å². The van der Waals surface area contributed by atoms with Crippen LogP contribution in [0.25, 0.3) is 10.2 Å². The van der Waals surface area contributed by atoms with Crippen molar-refractivity contribution in [1.82, 2.24) is 9.88 Å². The van der Waals surface area contributed by atoms with Gasteiger partial charge in [0.25, 0.3) is 0 Å². The Bertz CT molecular complexity index is 851. The van der Waals surface area contributed by atoms with E-state index < -0.39 is 0 Å². The maximum atomic E-state index is 12.8. The smallest absolute Gasteiger partial charge is 0.223 e. The number of amides is 1.